The number of hydrogen-bond donors (Lipinski definition) is 1. The van der Waals surface area contributed by atoms with Crippen molar-refractivity contribution >= 4 is 23.1 Å². The van der Waals surface area contributed by atoms with E-state index < -0.39 is 0 Å². The molecule has 0 saturated heterocycles. The lowest BCUT2D eigenvalue weighted by Crippen LogP contribution is -2.33. The third kappa shape index (κ3) is 4.66. The number of nitrogens with zero attached hydrogens (tertiary/aromatic N) is 1. The van der Waals surface area contributed by atoms with Crippen molar-refractivity contribution in [3.8, 4) is 17.2 Å². The minimum Gasteiger partial charge on any atom is -0.497 e. The Morgan fingerprint density at radius 3 is 2.16 bits per heavy atom. The quantitative estimate of drug-likeness (QED) is 0.579. The molecule has 3 rings (SSSR count). The number of rotatable bonds is 10. The van der Waals surface area contributed by atoms with Gasteiger partial charge < -0.3 is 19.5 Å². The molecule has 0 aromatic heterocycles. The van der Waals surface area contributed by atoms with Gasteiger partial charge in [0, 0.05) is 18.3 Å². The molecule has 0 atom stereocenters. The van der Waals surface area contributed by atoms with Gasteiger partial charge >= 0.3 is 0 Å². The highest BCUT2D eigenvalue weighted by Gasteiger charge is 2.38. The molecule has 2 aromatic carbocycles. The number of benzene rings is 2. The van der Waals surface area contributed by atoms with Crippen LogP contribution in [0.3, 0.4) is 0 Å². The van der Waals surface area contributed by atoms with Crippen LogP contribution < -0.4 is 19.5 Å². The fourth-order valence-electron chi connectivity index (χ4n) is 3.42. The number of amides is 2. The molecular formula is C24H28N2O5. The first-order chi connectivity index (χ1) is 15.0. The van der Waals surface area contributed by atoms with Gasteiger partial charge in [0.05, 0.1) is 25.9 Å². The van der Waals surface area contributed by atoms with Crippen LogP contribution in [0.4, 0.5) is 5.69 Å². The van der Waals surface area contributed by atoms with Gasteiger partial charge in [0.15, 0.2) is 11.5 Å². The third-order valence-electron chi connectivity index (χ3n) is 4.81. The standard InChI is InChI=1S/C24H28N2O5/c1-5-14-26-23(27)21(16-8-11-18(29-4)12-9-16)22(24(26)28)25-17-10-13-19(30-6-2)20(15-17)31-7-3/h8-13,15,25H,5-7,14H2,1-4H3. The Morgan fingerprint density at radius 2 is 1.55 bits per heavy atom. The van der Waals surface area contributed by atoms with E-state index in [1.54, 1.807) is 49.6 Å². The summed E-state index contributed by atoms with van der Waals surface area (Å²) >= 11 is 0. The van der Waals surface area contributed by atoms with Gasteiger partial charge in [-0.1, -0.05) is 19.1 Å². The van der Waals surface area contributed by atoms with Crippen molar-refractivity contribution in [2.24, 2.45) is 0 Å². The number of carbonyl (C=O) groups excluding carboxylic acids is 2. The van der Waals surface area contributed by atoms with Gasteiger partial charge in [0.25, 0.3) is 11.8 Å². The first-order valence-corrected chi connectivity index (χ1v) is 10.5. The summed E-state index contributed by atoms with van der Waals surface area (Å²) in [5.74, 6) is 1.22. The Morgan fingerprint density at radius 1 is 0.871 bits per heavy atom. The van der Waals surface area contributed by atoms with Gasteiger partial charge in [0.2, 0.25) is 0 Å². The lowest BCUT2D eigenvalue weighted by molar-refractivity contribution is -0.136. The molecule has 0 aliphatic carbocycles. The fraction of sp³-hybridized carbons (Fsp3) is 0.333. The second kappa shape index (κ2) is 10.0. The van der Waals surface area contributed by atoms with E-state index in [4.69, 9.17) is 14.2 Å². The van der Waals surface area contributed by atoms with Crippen LogP contribution in [-0.4, -0.2) is 43.6 Å². The number of hydrogen-bond acceptors (Lipinski definition) is 6. The van der Waals surface area contributed by atoms with Crippen LogP contribution in [0.5, 0.6) is 17.2 Å². The summed E-state index contributed by atoms with van der Waals surface area (Å²) in [4.78, 5) is 27.5. The summed E-state index contributed by atoms with van der Waals surface area (Å²) in [6, 6.07) is 12.4. The molecule has 0 spiro atoms. The molecule has 2 amide bonds. The zero-order valence-corrected chi connectivity index (χ0v) is 18.4. The van der Waals surface area contributed by atoms with Crippen LogP contribution >= 0.6 is 0 Å². The highest BCUT2D eigenvalue weighted by atomic mass is 16.5. The van der Waals surface area contributed by atoms with Gasteiger partial charge in [-0.25, -0.2) is 0 Å². The molecule has 31 heavy (non-hydrogen) atoms. The molecule has 1 heterocycles. The molecule has 0 radical (unpaired) electrons. The summed E-state index contributed by atoms with van der Waals surface area (Å²) in [7, 11) is 1.58. The maximum absolute atomic E-state index is 13.1. The fourth-order valence-corrected chi connectivity index (χ4v) is 3.42. The van der Waals surface area contributed by atoms with E-state index in [1.165, 1.54) is 4.90 Å². The molecule has 0 saturated carbocycles. The third-order valence-corrected chi connectivity index (χ3v) is 4.81. The Labute approximate surface area is 182 Å². The van der Waals surface area contributed by atoms with E-state index in [9.17, 15) is 9.59 Å². The molecule has 0 fully saturated rings. The summed E-state index contributed by atoms with van der Waals surface area (Å²) in [5, 5.41) is 3.16. The minimum absolute atomic E-state index is 0.246. The number of anilines is 1. The van der Waals surface area contributed by atoms with Crippen LogP contribution in [0.2, 0.25) is 0 Å². The monoisotopic (exact) mass is 424 g/mol. The average molecular weight is 424 g/mol. The van der Waals surface area contributed by atoms with Gasteiger partial charge in [-0.05, 0) is 50.1 Å². The number of nitrogens with one attached hydrogen (secondary N) is 1. The summed E-state index contributed by atoms with van der Waals surface area (Å²) in [5.41, 5.74) is 1.87. The molecule has 1 aliphatic rings. The van der Waals surface area contributed by atoms with Crippen LogP contribution in [0.15, 0.2) is 48.2 Å². The molecule has 0 bridgehead atoms. The van der Waals surface area contributed by atoms with Crippen molar-refractivity contribution in [3.63, 3.8) is 0 Å². The van der Waals surface area contributed by atoms with E-state index in [0.717, 1.165) is 0 Å². The average Bonchev–Trinajstić information content (AvgIpc) is 3.00. The van der Waals surface area contributed by atoms with Crippen LogP contribution in [0.25, 0.3) is 5.57 Å². The number of methoxy groups -OCH3 is 1. The normalized spacial score (nSPS) is 13.6. The van der Waals surface area contributed by atoms with E-state index in [-0.39, 0.29) is 17.5 Å². The highest BCUT2D eigenvalue weighted by Crippen LogP contribution is 2.35. The zero-order chi connectivity index (χ0) is 22.4. The second-order valence-corrected chi connectivity index (χ2v) is 6.89. The van der Waals surface area contributed by atoms with Crippen LogP contribution in [-0.2, 0) is 9.59 Å². The predicted octanol–water partition coefficient (Wildman–Crippen LogP) is 4.09. The summed E-state index contributed by atoms with van der Waals surface area (Å²) < 4.78 is 16.5. The van der Waals surface area contributed by atoms with Gasteiger partial charge in [-0.2, -0.15) is 0 Å². The smallest absolute Gasteiger partial charge is 0.278 e. The van der Waals surface area contributed by atoms with Crippen molar-refractivity contribution < 1.29 is 23.8 Å². The Hall–Kier alpha value is -3.48. The van der Waals surface area contributed by atoms with E-state index in [2.05, 4.69) is 5.32 Å². The summed E-state index contributed by atoms with van der Waals surface area (Å²) in [6.45, 7) is 7.07. The molecule has 2 aromatic rings. The molecule has 1 aliphatic heterocycles. The predicted molar refractivity (Wildman–Crippen MR) is 119 cm³/mol. The highest BCUT2D eigenvalue weighted by molar-refractivity contribution is 6.36. The summed E-state index contributed by atoms with van der Waals surface area (Å²) in [6.07, 6.45) is 0.679. The number of imide groups is 1. The minimum atomic E-state index is -0.343. The molecule has 164 valence electrons. The van der Waals surface area contributed by atoms with E-state index in [1.807, 2.05) is 20.8 Å². The van der Waals surface area contributed by atoms with E-state index in [0.29, 0.717) is 60.3 Å². The molecular weight excluding hydrogens is 396 g/mol. The molecule has 1 N–H and O–H groups in total. The van der Waals surface area contributed by atoms with Crippen LogP contribution in [0, 0.1) is 0 Å². The molecule has 0 unspecified atom stereocenters. The molecule has 7 nitrogen and oxygen atoms in total. The maximum Gasteiger partial charge on any atom is 0.278 e. The first-order valence-electron chi connectivity index (χ1n) is 10.5. The Kier molecular flexibility index (Phi) is 7.18. The van der Waals surface area contributed by atoms with Crippen molar-refractivity contribution in [2.45, 2.75) is 27.2 Å². The number of carbonyl (C=O) groups is 2. The molecule has 7 heteroatoms. The van der Waals surface area contributed by atoms with Crippen molar-refractivity contribution in [3.05, 3.63) is 53.7 Å². The second-order valence-electron chi connectivity index (χ2n) is 6.89. The Balaban J connectivity index is 2.03. The van der Waals surface area contributed by atoms with Crippen molar-refractivity contribution in [1.29, 1.82) is 0 Å². The van der Waals surface area contributed by atoms with Gasteiger partial charge in [-0.15, -0.1) is 0 Å². The van der Waals surface area contributed by atoms with Crippen molar-refractivity contribution in [2.75, 3.05) is 32.2 Å². The topological polar surface area (TPSA) is 77.1 Å². The van der Waals surface area contributed by atoms with Gasteiger partial charge in [-0.3, -0.25) is 14.5 Å². The largest absolute Gasteiger partial charge is 0.497 e. The SMILES string of the molecule is CCCN1C(=O)C(Nc2ccc(OCC)c(OCC)c2)=C(c2ccc(OC)cc2)C1=O. The van der Waals surface area contributed by atoms with E-state index >= 15 is 0 Å². The first kappa shape index (κ1) is 22.2. The zero-order valence-electron chi connectivity index (χ0n) is 18.4. The lowest BCUT2D eigenvalue weighted by atomic mass is 10.0. The van der Waals surface area contributed by atoms with Crippen molar-refractivity contribution in [1.82, 2.24) is 4.90 Å². The van der Waals surface area contributed by atoms with Gasteiger partial charge in [0.1, 0.15) is 11.4 Å². The Bertz CT molecular complexity index is 982. The van der Waals surface area contributed by atoms with Crippen LogP contribution in [0.1, 0.15) is 32.8 Å². The number of ether oxygens (including phenoxy) is 3. The maximum atomic E-state index is 13.1. The lowest BCUT2D eigenvalue weighted by Gasteiger charge is -2.15.